The van der Waals surface area contributed by atoms with Crippen molar-refractivity contribution in [3.8, 4) is 5.75 Å². The highest BCUT2D eigenvalue weighted by Crippen LogP contribution is 2.25. The summed E-state index contributed by atoms with van der Waals surface area (Å²) in [4.78, 5) is 0. The van der Waals surface area contributed by atoms with Gasteiger partial charge in [-0.1, -0.05) is 17.7 Å². The Morgan fingerprint density at radius 3 is 2.75 bits per heavy atom. The molecule has 0 amide bonds. The largest absolute Gasteiger partial charge is 0.497 e. The number of methoxy groups -OCH3 is 1. The quantitative estimate of drug-likeness (QED) is 0.885. The number of hydrogen-bond donors (Lipinski definition) is 2. The molecule has 2 N–H and O–H groups in total. The lowest BCUT2D eigenvalue weighted by Gasteiger charge is -2.19. The van der Waals surface area contributed by atoms with E-state index in [2.05, 4.69) is 5.32 Å². The lowest BCUT2D eigenvalue weighted by molar-refractivity contribution is 0.276. The van der Waals surface area contributed by atoms with Crippen LogP contribution >= 0.6 is 11.6 Å². The monoisotopic (exact) mass is 295 g/mol. The van der Waals surface area contributed by atoms with E-state index in [9.17, 15) is 9.50 Å². The summed E-state index contributed by atoms with van der Waals surface area (Å²) in [6.07, 6.45) is 0. The summed E-state index contributed by atoms with van der Waals surface area (Å²) in [5.74, 6) is 0.266. The van der Waals surface area contributed by atoms with E-state index in [4.69, 9.17) is 16.3 Å². The Kier molecular flexibility index (Phi) is 4.82. The second-order valence-corrected chi connectivity index (χ2v) is 4.75. The number of aliphatic hydroxyl groups is 1. The highest BCUT2D eigenvalue weighted by Gasteiger charge is 2.12. The molecule has 3 nitrogen and oxygen atoms in total. The number of hydrogen-bond acceptors (Lipinski definition) is 3. The number of nitrogens with one attached hydrogen (secondary N) is 1. The summed E-state index contributed by atoms with van der Waals surface area (Å²) < 4.78 is 18.5. The SMILES string of the molecule is COc1cccc(NC(CO)c2cc(F)cc(Cl)c2)c1. The average molecular weight is 296 g/mol. The van der Waals surface area contributed by atoms with Crippen molar-refractivity contribution in [3.63, 3.8) is 0 Å². The minimum atomic E-state index is -0.449. The fourth-order valence-electron chi connectivity index (χ4n) is 1.92. The van der Waals surface area contributed by atoms with Gasteiger partial charge >= 0.3 is 0 Å². The van der Waals surface area contributed by atoms with Crippen LogP contribution in [-0.4, -0.2) is 18.8 Å². The molecule has 20 heavy (non-hydrogen) atoms. The molecule has 0 saturated heterocycles. The van der Waals surface area contributed by atoms with Crippen LogP contribution in [0.1, 0.15) is 11.6 Å². The molecule has 0 aliphatic heterocycles. The van der Waals surface area contributed by atoms with E-state index < -0.39 is 11.9 Å². The summed E-state index contributed by atoms with van der Waals surface area (Å²) in [6, 6.07) is 11.0. The van der Waals surface area contributed by atoms with Crippen LogP contribution in [0, 0.1) is 5.82 Å². The summed E-state index contributed by atoms with van der Waals surface area (Å²) in [7, 11) is 1.58. The fraction of sp³-hybridized carbons (Fsp3) is 0.200. The van der Waals surface area contributed by atoms with Gasteiger partial charge in [-0.2, -0.15) is 0 Å². The predicted molar refractivity (Wildman–Crippen MR) is 77.9 cm³/mol. The number of halogens is 2. The molecule has 0 aromatic heterocycles. The molecule has 1 atom stereocenters. The van der Waals surface area contributed by atoms with E-state index in [1.54, 1.807) is 19.2 Å². The van der Waals surface area contributed by atoms with E-state index in [-0.39, 0.29) is 6.61 Å². The smallest absolute Gasteiger partial charge is 0.125 e. The molecule has 0 bridgehead atoms. The maximum Gasteiger partial charge on any atom is 0.125 e. The highest BCUT2D eigenvalue weighted by atomic mass is 35.5. The zero-order chi connectivity index (χ0) is 14.5. The second-order valence-electron chi connectivity index (χ2n) is 4.31. The molecule has 0 aliphatic rings. The standard InChI is InChI=1S/C15H15ClFNO2/c1-20-14-4-2-3-13(8-14)18-15(9-19)10-5-11(16)7-12(17)6-10/h2-8,15,18-19H,9H2,1H3. The van der Waals surface area contributed by atoms with E-state index >= 15 is 0 Å². The zero-order valence-electron chi connectivity index (χ0n) is 10.9. The molecule has 1 unspecified atom stereocenters. The third kappa shape index (κ3) is 3.62. The van der Waals surface area contributed by atoms with Gasteiger partial charge < -0.3 is 15.2 Å². The molecular formula is C15H15ClFNO2. The third-order valence-electron chi connectivity index (χ3n) is 2.88. The first kappa shape index (κ1) is 14.6. The molecule has 5 heteroatoms. The van der Waals surface area contributed by atoms with Gasteiger partial charge in [0.1, 0.15) is 11.6 Å². The molecule has 106 valence electrons. The molecule has 0 saturated carbocycles. The highest BCUT2D eigenvalue weighted by molar-refractivity contribution is 6.30. The minimum Gasteiger partial charge on any atom is -0.497 e. The number of aliphatic hydroxyl groups excluding tert-OH is 1. The van der Waals surface area contributed by atoms with Crippen molar-refractivity contribution in [2.45, 2.75) is 6.04 Å². The number of benzene rings is 2. The maximum absolute atomic E-state index is 13.4. The Morgan fingerprint density at radius 2 is 2.10 bits per heavy atom. The number of rotatable bonds is 5. The fourth-order valence-corrected chi connectivity index (χ4v) is 2.15. The molecule has 2 rings (SSSR count). The molecule has 0 heterocycles. The van der Waals surface area contributed by atoms with E-state index in [1.807, 2.05) is 18.2 Å². The van der Waals surface area contributed by atoms with E-state index in [0.29, 0.717) is 16.3 Å². The lowest BCUT2D eigenvalue weighted by Crippen LogP contribution is -2.15. The van der Waals surface area contributed by atoms with Gasteiger partial charge in [-0.25, -0.2) is 4.39 Å². The first-order valence-electron chi connectivity index (χ1n) is 6.10. The van der Waals surface area contributed by atoms with Gasteiger partial charge in [0.25, 0.3) is 0 Å². The van der Waals surface area contributed by atoms with Crippen LogP contribution in [0.25, 0.3) is 0 Å². The van der Waals surface area contributed by atoms with Crippen LogP contribution in [0.5, 0.6) is 5.75 Å². The Labute approximate surface area is 122 Å². The van der Waals surface area contributed by atoms with Crippen LogP contribution in [0.4, 0.5) is 10.1 Å². The Bertz CT molecular complexity index is 572. The summed E-state index contributed by atoms with van der Waals surface area (Å²) in [5, 5.41) is 12.9. The third-order valence-corrected chi connectivity index (χ3v) is 3.10. The first-order chi connectivity index (χ1) is 9.62. The lowest BCUT2D eigenvalue weighted by atomic mass is 10.1. The number of anilines is 1. The van der Waals surface area contributed by atoms with Crippen molar-refractivity contribution in [2.24, 2.45) is 0 Å². The number of ether oxygens (including phenoxy) is 1. The Hall–Kier alpha value is -1.78. The molecule has 2 aromatic rings. The minimum absolute atomic E-state index is 0.184. The van der Waals surface area contributed by atoms with Crippen LogP contribution in [0.3, 0.4) is 0 Å². The normalized spacial score (nSPS) is 12.0. The molecule has 0 spiro atoms. The first-order valence-corrected chi connectivity index (χ1v) is 6.47. The molecule has 0 aliphatic carbocycles. The van der Waals surface area contributed by atoms with Crippen LogP contribution in [0.2, 0.25) is 5.02 Å². The van der Waals surface area contributed by atoms with Gasteiger partial charge in [-0.3, -0.25) is 0 Å². The summed E-state index contributed by atoms with van der Waals surface area (Å²) in [5.41, 5.74) is 1.35. The van der Waals surface area contributed by atoms with Crippen LogP contribution < -0.4 is 10.1 Å². The molecule has 2 aromatic carbocycles. The molecular weight excluding hydrogens is 281 g/mol. The van der Waals surface area contributed by atoms with Crippen molar-refractivity contribution < 1.29 is 14.2 Å². The van der Waals surface area contributed by atoms with E-state index in [0.717, 1.165) is 5.69 Å². The van der Waals surface area contributed by atoms with Crippen molar-refractivity contribution in [1.82, 2.24) is 0 Å². The van der Waals surface area contributed by atoms with Gasteiger partial charge in [0.15, 0.2) is 0 Å². The molecule has 0 radical (unpaired) electrons. The van der Waals surface area contributed by atoms with Gasteiger partial charge in [0.05, 0.1) is 19.8 Å². The predicted octanol–water partition coefficient (Wildman–Crippen LogP) is 3.63. The van der Waals surface area contributed by atoms with Crippen molar-refractivity contribution in [3.05, 3.63) is 58.9 Å². The Balaban J connectivity index is 2.23. The van der Waals surface area contributed by atoms with Gasteiger partial charge in [0.2, 0.25) is 0 Å². The van der Waals surface area contributed by atoms with Gasteiger partial charge in [-0.05, 0) is 35.9 Å². The van der Waals surface area contributed by atoms with Crippen molar-refractivity contribution >= 4 is 17.3 Å². The second kappa shape index (κ2) is 6.59. The Morgan fingerprint density at radius 1 is 1.30 bits per heavy atom. The van der Waals surface area contributed by atoms with Crippen molar-refractivity contribution in [1.29, 1.82) is 0 Å². The maximum atomic E-state index is 13.4. The van der Waals surface area contributed by atoms with Gasteiger partial charge in [0, 0.05) is 16.8 Å². The van der Waals surface area contributed by atoms with Gasteiger partial charge in [-0.15, -0.1) is 0 Å². The van der Waals surface area contributed by atoms with E-state index in [1.165, 1.54) is 12.1 Å². The molecule has 0 fully saturated rings. The van der Waals surface area contributed by atoms with Crippen molar-refractivity contribution in [2.75, 3.05) is 19.0 Å². The average Bonchev–Trinajstić information content (AvgIpc) is 2.44. The topological polar surface area (TPSA) is 41.5 Å². The summed E-state index contributed by atoms with van der Waals surface area (Å²) in [6.45, 7) is -0.184. The zero-order valence-corrected chi connectivity index (χ0v) is 11.7. The van der Waals surface area contributed by atoms with Crippen LogP contribution in [0.15, 0.2) is 42.5 Å². The summed E-state index contributed by atoms with van der Waals surface area (Å²) >= 11 is 5.83. The van der Waals surface area contributed by atoms with Crippen LogP contribution in [-0.2, 0) is 0 Å².